The van der Waals surface area contributed by atoms with E-state index in [9.17, 15) is 4.79 Å². The molecule has 0 fully saturated rings. The number of amidine groups is 1. The second kappa shape index (κ2) is 7.85. The Morgan fingerprint density at radius 3 is 2.52 bits per heavy atom. The number of carbonyl (C=O) groups is 1. The molecule has 0 atom stereocenters. The number of carbonyl (C=O) groups excluding carboxylic acids is 1. The number of amides is 1. The molecule has 29 heavy (non-hydrogen) atoms. The molecule has 3 aromatic carbocycles. The zero-order chi connectivity index (χ0) is 20.4. The van der Waals surface area contributed by atoms with Crippen LogP contribution in [0.2, 0.25) is 0 Å². The summed E-state index contributed by atoms with van der Waals surface area (Å²) < 4.78 is 5.59. The Morgan fingerprint density at radius 1 is 1.03 bits per heavy atom. The van der Waals surface area contributed by atoms with Crippen molar-refractivity contribution >= 4 is 40.0 Å². The van der Waals surface area contributed by atoms with Crippen molar-refractivity contribution in [2.24, 2.45) is 5.73 Å². The Morgan fingerprint density at radius 2 is 1.83 bits per heavy atom. The molecule has 0 unspecified atom stereocenters. The van der Waals surface area contributed by atoms with Gasteiger partial charge in [-0.25, -0.2) is 0 Å². The molecule has 0 bridgehead atoms. The molecule has 6 heteroatoms. The number of rotatable bonds is 5. The van der Waals surface area contributed by atoms with Crippen LogP contribution in [0.5, 0.6) is 0 Å². The maximum absolute atomic E-state index is 12.9. The summed E-state index contributed by atoms with van der Waals surface area (Å²) in [7, 11) is 0. The van der Waals surface area contributed by atoms with Gasteiger partial charge in [-0.3, -0.25) is 10.2 Å². The molecule has 4 aromatic rings. The van der Waals surface area contributed by atoms with Crippen molar-refractivity contribution in [3.8, 4) is 11.1 Å². The fourth-order valence-corrected chi connectivity index (χ4v) is 3.57. The number of furan rings is 1. The van der Waals surface area contributed by atoms with Crippen molar-refractivity contribution in [1.82, 2.24) is 0 Å². The standard InChI is InChI=1S/C23H19N3O2S/c1-29-21-12-17(13-28-21)20-11-16(23(27)26-18-5-3-2-4-6-18)9-14-7-8-15(22(24)25)10-19(14)20/h2-13H,1H3,(H3,24,25)(H,26,27). The minimum absolute atomic E-state index is 0.000689. The molecular weight excluding hydrogens is 382 g/mol. The minimum atomic E-state index is -0.191. The van der Waals surface area contributed by atoms with Gasteiger partial charge in [-0.05, 0) is 59.0 Å². The topological polar surface area (TPSA) is 92.1 Å². The van der Waals surface area contributed by atoms with Crippen molar-refractivity contribution in [3.05, 3.63) is 84.1 Å². The summed E-state index contributed by atoms with van der Waals surface area (Å²) in [6, 6.07) is 20.5. The van der Waals surface area contributed by atoms with Crippen LogP contribution in [0.15, 0.2) is 82.5 Å². The van der Waals surface area contributed by atoms with Crippen molar-refractivity contribution in [2.45, 2.75) is 5.09 Å². The van der Waals surface area contributed by atoms with Gasteiger partial charge in [0.1, 0.15) is 5.84 Å². The van der Waals surface area contributed by atoms with Gasteiger partial charge in [-0.2, -0.15) is 0 Å². The Labute approximate surface area is 172 Å². The molecule has 1 heterocycles. The minimum Gasteiger partial charge on any atom is -0.458 e. The summed E-state index contributed by atoms with van der Waals surface area (Å²) in [6.45, 7) is 0. The van der Waals surface area contributed by atoms with E-state index >= 15 is 0 Å². The van der Waals surface area contributed by atoms with E-state index in [1.807, 2.05) is 66.9 Å². The predicted octanol–water partition coefficient (Wildman–Crippen LogP) is 5.36. The third kappa shape index (κ3) is 3.88. The number of benzene rings is 3. The molecule has 0 saturated heterocycles. The lowest BCUT2D eigenvalue weighted by atomic mass is 9.95. The Balaban J connectivity index is 1.85. The first-order chi connectivity index (χ1) is 14.0. The van der Waals surface area contributed by atoms with Gasteiger partial charge in [-0.1, -0.05) is 42.1 Å². The predicted molar refractivity (Wildman–Crippen MR) is 119 cm³/mol. The van der Waals surface area contributed by atoms with Gasteiger partial charge in [0, 0.05) is 22.4 Å². The molecule has 1 aromatic heterocycles. The number of nitrogen functional groups attached to an aromatic ring is 1. The third-order valence-electron chi connectivity index (χ3n) is 4.65. The molecule has 1 amide bonds. The first-order valence-corrected chi connectivity index (χ1v) is 10.2. The second-order valence-corrected chi connectivity index (χ2v) is 7.36. The van der Waals surface area contributed by atoms with Crippen LogP contribution in [0.3, 0.4) is 0 Å². The number of hydrogen-bond donors (Lipinski definition) is 3. The van der Waals surface area contributed by atoms with Gasteiger partial charge in [0.15, 0.2) is 5.09 Å². The normalized spacial score (nSPS) is 10.8. The average Bonchev–Trinajstić information content (AvgIpc) is 3.22. The van der Waals surface area contributed by atoms with Crippen molar-refractivity contribution in [1.29, 1.82) is 5.41 Å². The molecule has 0 aliphatic rings. The number of anilines is 1. The largest absolute Gasteiger partial charge is 0.458 e. The van der Waals surface area contributed by atoms with Gasteiger partial charge in [0.2, 0.25) is 0 Å². The van der Waals surface area contributed by atoms with Crippen LogP contribution in [0, 0.1) is 5.41 Å². The highest BCUT2D eigenvalue weighted by molar-refractivity contribution is 7.98. The summed E-state index contributed by atoms with van der Waals surface area (Å²) in [6.07, 6.45) is 3.62. The Bertz CT molecular complexity index is 1220. The number of para-hydroxylation sites is 1. The van der Waals surface area contributed by atoms with Gasteiger partial charge < -0.3 is 15.5 Å². The van der Waals surface area contributed by atoms with Crippen LogP contribution in [0.4, 0.5) is 5.69 Å². The summed E-state index contributed by atoms with van der Waals surface area (Å²) in [5.41, 5.74) is 9.31. The molecule has 0 radical (unpaired) electrons. The van der Waals surface area contributed by atoms with E-state index in [0.717, 1.165) is 32.7 Å². The highest BCUT2D eigenvalue weighted by Gasteiger charge is 2.15. The zero-order valence-corrected chi connectivity index (χ0v) is 16.5. The average molecular weight is 401 g/mol. The van der Waals surface area contributed by atoms with E-state index in [2.05, 4.69) is 5.32 Å². The van der Waals surface area contributed by atoms with Crippen LogP contribution >= 0.6 is 11.8 Å². The van der Waals surface area contributed by atoms with Crippen LogP contribution in [0.1, 0.15) is 15.9 Å². The maximum Gasteiger partial charge on any atom is 0.255 e. The second-order valence-electron chi connectivity index (χ2n) is 6.55. The van der Waals surface area contributed by atoms with Crippen molar-refractivity contribution in [2.75, 3.05) is 11.6 Å². The number of fused-ring (bicyclic) bond motifs is 1. The van der Waals surface area contributed by atoms with E-state index in [0.29, 0.717) is 11.1 Å². The van der Waals surface area contributed by atoms with E-state index in [1.165, 1.54) is 11.8 Å². The quantitative estimate of drug-likeness (QED) is 0.238. The number of nitrogens with one attached hydrogen (secondary N) is 2. The van der Waals surface area contributed by atoms with Gasteiger partial charge >= 0.3 is 0 Å². The van der Waals surface area contributed by atoms with E-state index in [1.54, 1.807) is 12.3 Å². The zero-order valence-electron chi connectivity index (χ0n) is 15.7. The van der Waals surface area contributed by atoms with E-state index in [4.69, 9.17) is 15.6 Å². The van der Waals surface area contributed by atoms with Gasteiger partial charge in [0.05, 0.1) is 6.26 Å². The number of thioether (sulfide) groups is 1. The van der Waals surface area contributed by atoms with Crippen molar-refractivity contribution < 1.29 is 9.21 Å². The third-order valence-corrected chi connectivity index (χ3v) is 5.26. The fourth-order valence-electron chi connectivity index (χ4n) is 3.18. The SMILES string of the molecule is CSc1cc(-c2cc(C(=O)Nc3ccccc3)cc3ccc(C(=N)N)cc23)co1. The molecule has 0 aliphatic heterocycles. The maximum atomic E-state index is 12.9. The van der Waals surface area contributed by atoms with Gasteiger partial charge in [0.25, 0.3) is 5.91 Å². The number of nitrogens with two attached hydrogens (primary N) is 1. The molecule has 4 rings (SSSR count). The lowest BCUT2D eigenvalue weighted by Gasteiger charge is -2.11. The molecule has 0 saturated carbocycles. The highest BCUT2D eigenvalue weighted by atomic mass is 32.2. The van der Waals surface area contributed by atoms with E-state index in [-0.39, 0.29) is 11.7 Å². The molecule has 0 spiro atoms. The molecular formula is C23H19N3O2S. The first-order valence-electron chi connectivity index (χ1n) is 8.96. The Hall–Kier alpha value is -3.51. The van der Waals surface area contributed by atoms with Crippen LogP contribution in [0.25, 0.3) is 21.9 Å². The van der Waals surface area contributed by atoms with Crippen LogP contribution < -0.4 is 11.1 Å². The summed E-state index contributed by atoms with van der Waals surface area (Å²) in [5.74, 6) is -0.190. The first kappa shape index (κ1) is 18.8. The lowest BCUT2D eigenvalue weighted by molar-refractivity contribution is 0.102. The lowest BCUT2D eigenvalue weighted by Crippen LogP contribution is -2.12. The summed E-state index contributed by atoms with van der Waals surface area (Å²) >= 11 is 1.51. The monoisotopic (exact) mass is 401 g/mol. The number of hydrogen-bond acceptors (Lipinski definition) is 4. The Kier molecular flexibility index (Phi) is 5.10. The van der Waals surface area contributed by atoms with Crippen LogP contribution in [-0.4, -0.2) is 18.0 Å². The van der Waals surface area contributed by atoms with E-state index < -0.39 is 0 Å². The molecule has 144 valence electrons. The fraction of sp³-hybridized carbons (Fsp3) is 0.0435. The summed E-state index contributed by atoms with van der Waals surface area (Å²) in [5, 5.41) is 13.3. The highest BCUT2D eigenvalue weighted by Crippen LogP contribution is 2.34. The van der Waals surface area contributed by atoms with Gasteiger partial charge in [-0.15, -0.1) is 0 Å². The van der Waals surface area contributed by atoms with Crippen LogP contribution in [-0.2, 0) is 0 Å². The summed E-state index contributed by atoms with van der Waals surface area (Å²) in [4.78, 5) is 12.9. The van der Waals surface area contributed by atoms with Crippen molar-refractivity contribution in [3.63, 3.8) is 0 Å². The smallest absolute Gasteiger partial charge is 0.255 e. The molecule has 5 nitrogen and oxygen atoms in total. The molecule has 4 N–H and O–H groups in total. The molecule has 0 aliphatic carbocycles.